The molecule has 0 radical (unpaired) electrons. The Morgan fingerprint density at radius 1 is 1.10 bits per heavy atom. The Balaban J connectivity index is 1.51. The van der Waals surface area contributed by atoms with Gasteiger partial charge in [-0.05, 0) is 61.4 Å². The second kappa shape index (κ2) is 7.12. The van der Waals surface area contributed by atoms with Crippen molar-refractivity contribution >= 4 is 11.8 Å². The molecule has 1 saturated carbocycles. The minimum Gasteiger partial charge on any atom is -0.465 e. The lowest BCUT2D eigenvalue weighted by molar-refractivity contribution is -0.274. The van der Waals surface area contributed by atoms with Crippen LogP contribution in [-0.2, 0) is 0 Å². The van der Waals surface area contributed by atoms with E-state index in [0.717, 1.165) is 12.8 Å². The van der Waals surface area contributed by atoms with Gasteiger partial charge in [0.05, 0.1) is 5.69 Å². The summed E-state index contributed by atoms with van der Waals surface area (Å²) in [5.41, 5.74) is 1.79. The predicted octanol–water partition coefficient (Wildman–Crippen LogP) is 4.48. The van der Waals surface area contributed by atoms with Crippen LogP contribution >= 0.6 is 0 Å². The topological polar surface area (TPSA) is 80.5 Å². The first-order valence-corrected chi connectivity index (χ1v) is 8.70. The average molecular weight is 404 g/mol. The lowest BCUT2D eigenvalue weighted by Crippen LogP contribution is -2.31. The molecule has 1 N–H and O–H groups in total. The molecule has 10 heteroatoms. The zero-order valence-electron chi connectivity index (χ0n) is 14.9. The third-order valence-electron chi connectivity index (χ3n) is 4.35. The van der Waals surface area contributed by atoms with E-state index in [9.17, 15) is 23.1 Å². The van der Waals surface area contributed by atoms with Gasteiger partial charge in [0.1, 0.15) is 12.1 Å². The highest BCUT2D eigenvalue weighted by atomic mass is 19.4. The summed E-state index contributed by atoms with van der Waals surface area (Å²) in [5, 5.41) is 13.7. The van der Waals surface area contributed by atoms with Crippen LogP contribution in [0.5, 0.6) is 5.75 Å². The molecule has 2 aromatic carbocycles. The highest BCUT2D eigenvalue weighted by Crippen LogP contribution is 2.32. The summed E-state index contributed by atoms with van der Waals surface area (Å²) >= 11 is 0. The van der Waals surface area contributed by atoms with Gasteiger partial charge in [-0.3, -0.25) is 4.90 Å². The van der Waals surface area contributed by atoms with Crippen molar-refractivity contribution in [3.63, 3.8) is 0 Å². The second-order valence-corrected chi connectivity index (χ2v) is 6.49. The first-order chi connectivity index (χ1) is 13.8. The largest absolute Gasteiger partial charge is 0.573 e. The van der Waals surface area contributed by atoms with E-state index in [1.807, 2.05) is 0 Å². The van der Waals surface area contributed by atoms with Crippen molar-refractivity contribution in [2.45, 2.75) is 25.2 Å². The van der Waals surface area contributed by atoms with Gasteiger partial charge < -0.3 is 9.84 Å². The highest BCUT2D eigenvalue weighted by Gasteiger charge is 2.33. The van der Waals surface area contributed by atoms with Crippen molar-refractivity contribution in [3.8, 4) is 22.8 Å². The van der Waals surface area contributed by atoms with Crippen LogP contribution in [0, 0.1) is 0 Å². The van der Waals surface area contributed by atoms with Crippen molar-refractivity contribution in [1.82, 2.24) is 14.8 Å². The minimum atomic E-state index is -4.75. The molecular weight excluding hydrogens is 389 g/mol. The molecule has 1 aliphatic rings. The first-order valence-electron chi connectivity index (χ1n) is 8.70. The maximum absolute atomic E-state index is 12.2. The van der Waals surface area contributed by atoms with E-state index in [-0.39, 0.29) is 11.8 Å². The number of rotatable bonds is 5. The third-order valence-corrected chi connectivity index (χ3v) is 4.35. The molecule has 3 aromatic rings. The van der Waals surface area contributed by atoms with E-state index >= 15 is 0 Å². The summed E-state index contributed by atoms with van der Waals surface area (Å²) in [7, 11) is 0. The number of carbonyl (C=O) groups is 1. The molecule has 1 heterocycles. The van der Waals surface area contributed by atoms with Crippen LogP contribution in [0.1, 0.15) is 12.8 Å². The number of benzene rings is 2. The molecule has 1 amide bonds. The van der Waals surface area contributed by atoms with E-state index in [4.69, 9.17) is 0 Å². The molecule has 0 aliphatic heterocycles. The van der Waals surface area contributed by atoms with Gasteiger partial charge in [0.2, 0.25) is 0 Å². The number of nitrogens with zero attached hydrogens (tertiary/aromatic N) is 4. The number of hydrogen-bond acceptors (Lipinski definition) is 4. The van der Waals surface area contributed by atoms with Crippen LogP contribution in [0.2, 0.25) is 0 Å². The van der Waals surface area contributed by atoms with Crippen LogP contribution in [-0.4, -0.2) is 38.4 Å². The molecule has 4 rings (SSSR count). The second-order valence-electron chi connectivity index (χ2n) is 6.49. The number of alkyl halides is 3. The average Bonchev–Trinajstić information content (AvgIpc) is 3.36. The van der Waals surface area contributed by atoms with E-state index in [2.05, 4.69) is 14.8 Å². The van der Waals surface area contributed by atoms with Crippen LogP contribution in [0.25, 0.3) is 17.1 Å². The van der Waals surface area contributed by atoms with Crippen LogP contribution in [0.3, 0.4) is 0 Å². The van der Waals surface area contributed by atoms with Gasteiger partial charge >= 0.3 is 12.5 Å². The zero-order valence-corrected chi connectivity index (χ0v) is 14.9. The predicted molar refractivity (Wildman–Crippen MR) is 97.0 cm³/mol. The molecule has 7 nitrogen and oxygen atoms in total. The molecule has 1 fully saturated rings. The van der Waals surface area contributed by atoms with Crippen molar-refractivity contribution in [1.29, 1.82) is 0 Å². The minimum absolute atomic E-state index is 0.0278. The number of anilines is 1. The third kappa shape index (κ3) is 4.31. The van der Waals surface area contributed by atoms with Gasteiger partial charge in [-0.2, -0.15) is 0 Å². The summed E-state index contributed by atoms with van der Waals surface area (Å²) in [6.07, 6.45) is -2.58. The van der Waals surface area contributed by atoms with E-state index < -0.39 is 12.5 Å². The number of hydrogen-bond donors (Lipinski definition) is 1. The molecule has 0 saturated heterocycles. The van der Waals surface area contributed by atoms with Gasteiger partial charge in [-0.15, -0.1) is 18.3 Å². The van der Waals surface area contributed by atoms with Gasteiger partial charge in [-0.1, -0.05) is 0 Å². The first kappa shape index (κ1) is 18.8. The Hall–Kier alpha value is -3.56. The normalized spacial score (nSPS) is 13.9. The van der Waals surface area contributed by atoms with Crippen molar-refractivity contribution in [3.05, 3.63) is 54.9 Å². The lowest BCUT2D eigenvalue weighted by atomic mass is 10.2. The summed E-state index contributed by atoms with van der Waals surface area (Å²) in [6.45, 7) is 0. The van der Waals surface area contributed by atoms with Gasteiger partial charge in [0.25, 0.3) is 0 Å². The summed E-state index contributed by atoms with van der Waals surface area (Å²) in [6, 6.07) is 12.1. The van der Waals surface area contributed by atoms with Crippen LogP contribution in [0.4, 0.5) is 23.7 Å². The Labute approximate surface area is 163 Å². The number of amides is 1. The monoisotopic (exact) mass is 404 g/mol. The lowest BCUT2D eigenvalue weighted by Gasteiger charge is -2.18. The van der Waals surface area contributed by atoms with E-state index in [1.165, 1.54) is 40.2 Å². The quantitative estimate of drug-likeness (QED) is 0.678. The Morgan fingerprint density at radius 3 is 2.31 bits per heavy atom. The molecule has 1 aromatic heterocycles. The van der Waals surface area contributed by atoms with Gasteiger partial charge in [-0.25, -0.2) is 14.5 Å². The van der Waals surface area contributed by atoms with Gasteiger partial charge in [0.15, 0.2) is 5.82 Å². The molecule has 0 spiro atoms. The zero-order chi connectivity index (χ0) is 20.6. The summed E-state index contributed by atoms with van der Waals surface area (Å²) in [4.78, 5) is 17.0. The van der Waals surface area contributed by atoms with Crippen LogP contribution < -0.4 is 9.64 Å². The maximum atomic E-state index is 12.2. The number of ether oxygens (including phenoxy) is 1. The molecular formula is C19H15F3N4O3. The fourth-order valence-corrected chi connectivity index (χ4v) is 2.90. The Kier molecular flexibility index (Phi) is 4.61. The molecule has 0 atom stereocenters. The molecule has 0 bridgehead atoms. The highest BCUT2D eigenvalue weighted by molar-refractivity contribution is 5.87. The molecule has 150 valence electrons. The standard InChI is InChI=1S/C19H15F3N4O3/c20-19(21,22)29-16-9-7-13(8-10-16)25-11-23-17(24-25)12-1-3-14(4-2-12)26(18(27)28)15-5-6-15/h1-4,7-11,15H,5-6H2,(H,27,28). The molecule has 0 unspecified atom stereocenters. The summed E-state index contributed by atoms with van der Waals surface area (Å²) in [5.74, 6) is 0.0799. The Morgan fingerprint density at radius 2 is 1.76 bits per heavy atom. The fourth-order valence-electron chi connectivity index (χ4n) is 2.90. The van der Waals surface area contributed by atoms with Crippen LogP contribution in [0.15, 0.2) is 54.9 Å². The number of halogens is 3. The maximum Gasteiger partial charge on any atom is 0.573 e. The number of carboxylic acid groups (broad SMARTS) is 1. The SMILES string of the molecule is O=C(O)N(c1ccc(-c2ncn(-c3ccc(OC(F)(F)F)cc3)n2)cc1)C1CC1. The van der Waals surface area contributed by atoms with Crippen molar-refractivity contribution in [2.24, 2.45) is 0 Å². The Bertz CT molecular complexity index is 1010. The van der Waals surface area contributed by atoms with Crippen molar-refractivity contribution < 1.29 is 27.8 Å². The van der Waals surface area contributed by atoms with E-state index in [1.54, 1.807) is 24.3 Å². The van der Waals surface area contributed by atoms with Gasteiger partial charge in [0, 0.05) is 17.3 Å². The molecule has 29 heavy (non-hydrogen) atoms. The van der Waals surface area contributed by atoms with E-state index in [0.29, 0.717) is 22.8 Å². The smallest absolute Gasteiger partial charge is 0.465 e. The fraction of sp³-hybridized carbons (Fsp3) is 0.211. The summed E-state index contributed by atoms with van der Waals surface area (Å²) < 4.78 is 42.0. The number of aromatic nitrogens is 3. The molecule has 1 aliphatic carbocycles. The van der Waals surface area contributed by atoms with Crippen molar-refractivity contribution in [2.75, 3.05) is 4.90 Å².